The average molecular weight is 418 g/mol. The molecule has 9 nitrogen and oxygen atoms in total. The summed E-state index contributed by atoms with van der Waals surface area (Å²) in [6, 6.07) is 0. The maximum atomic E-state index is 11.7. The highest BCUT2D eigenvalue weighted by molar-refractivity contribution is 5.67. The minimum Gasteiger partial charge on any atom is -0.463 e. The topological polar surface area (TPSA) is 107 Å². The van der Waals surface area contributed by atoms with E-state index < -0.39 is 42.0 Å². The molecule has 9 heteroatoms. The van der Waals surface area contributed by atoms with Gasteiger partial charge in [-0.15, -0.1) is 0 Å². The molecule has 1 fully saturated rings. The number of carbonyl (C=O) groups is 3. The van der Waals surface area contributed by atoms with Crippen LogP contribution in [-0.4, -0.2) is 68.4 Å². The van der Waals surface area contributed by atoms with Crippen molar-refractivity contribution in [2.24, 2.45) is 0 Å². The molecule has 0 aromatic carbocycles. The van der Waals surface area contributed by atoms with E-state index >= 15 is 0 Å². The van der Waals surface area contributed by atoms with Gasteiger partial charge in [-0.25, -0.2) is 0 Å². The first-order valence-electron chi connectivity index (χ1n) is 10.1. The average Bonchev–Trinajstić information content (AvgIpc) is 2.90. The van der Waals surface area contributed by atoms with Gasteiger partial charge in [-0.2, -0.15) is 0 Å². The Morgan fingerprint density at radius 2 is 1.48 bits per heavy atom. The summed E-state index contributed by atoms with van der Waals surface area (Å²) in [6.45, 7) is 8.47. The molecule has 0 saturated carbocycles. The largest absolute Gasteiger partial charge is 0.463 e. The lowest BCUT2D eigenvalue weighted by molar-refractivity contribution is -0.221. The zero-order valence-electron chi connectivity index (χ0n) is 18.1. The van der Waals surface area contributed by atoms with Crippen LogP contribution >= 0.6 is 0 Å². The molecule has 0 amide bonds. The maximum absolute atomic E-state index is 11.7. The number of unbranched alkanes of at least 4 members (excludes halogenated alkanes) is 2. The Labute approximate surface area is 172 Å². The lowest BCUT2D eigenvalue weighted by Crippen LogP contribution is -2.53. The van der Waals surface area contributed by atoms with Crippen LogP contribution in [0.5, 0.6) is 0 Å². The van der Waals surface area contributed by atoms with E-state index in [2.05, 4.69) is 0 Å². The van der Waals surface area contributed by atoms with Gasteiger partial charge in [0, 0.05) is 34.0 Å². The Morgan fingerprint density at radius 3 is 2.03 bits per heavy atom. The first-order valence-corrected chi connectivity index (χ1v) is 10.1. The van der Waals surface area contributed by atoms with Gasteiger partial charge in [-0.1, -0.05) is 26.7 Å². The predicted octanol–water partition coefficient (Wildman–Crippen LogP) is 2.14. The summed E-state index contributed by atoms with van der Waals surface area (Å²) in [5.41, 5.74) is -1.28. The zero-order chi connectivity index (χ0) is 21.9. The monoisotopic (exact) mass is 418 g/mol. The number of hydrogen-bond donors (Lipinski definition) is 0. The van der Waals surface area contributed by atoms with Gasteiger partial charge >= 0.3 is 17.9 Å². The van der Waals surface area contributed by atoms with E-state index in [-0.39, 0.29) is 13.2 Å². The van der Waals surface area contributed by atoms with Crippen molar-refractivity contribution in [1.82, 2.24) is 0 Å². The van der Waals surface area contributed by atoms with Crippen LogP contribution in [-0.2, 0) is 42.8 Å². The second-order valence-corrected chi connectivity index (χ2v) is 7.07. The van der Waals surface area contributed by atoms with Gasteiger partial charge in [0.1, 0.15) is 12.7 Å². The highest BCUT2D eigenvalue weighted by Crippen LogP contribution is 2.37. The standard InChI is InChI=1S/C20H34O9/c1-6-8-10-24-12-20(13-26-14(3)21)18(25-11-9-7-2)17(27-15(4)22)19(29-20)28-16(5)23/h17-19H,6-13H2,1-5H3/t17-,18+,19+,20+/m1/s1. The second kappa shape index (κ2) is 12.8. The number of hydrogen-bond acceptors (Lipinski definition) is 9. The van der Waals surface area contributed by atoms with Crippen molar-refractivity contribution in [3.05, 3.63) is 0 Å². The van der Waals surface area contributed by atoms with Crippen molar-refractivity contribution in [2.75, 3.05) is 26.4 Å². The zero-order valence-corrected chi connectivity index (χ0v) is 18.1. The third kappa shape index (κ3) is 8.28. The molecule has 4 atom stereocenters. The third-order valence-electron chi connectivity index (χ3n) is 4.32. The van der Waals surface area contributed by atoms with Gasteiger partial charge in [-0.3, -0.25) is 14.4 Å². The molecule has 0 spiro atoms. The number of rotatable bonds is 13. The molecule has 0 N–H and O–H groups in total. The van der Waals surface area contributed by atoms with E-state index in [9.17, 15) is 14.4 Å². The summed E-state index contributed by atoms with van der Waals surface area (Å²) >= 11 is 0. The van der Waals surface area contributed by atoms with Crippen molar-refractivity contribution in [3.8, 4) is 0 Å². The minimum absolute atomic E-state index is 0.0204. The molecule has 0 aromatic heterocycles. The summed E-state index contributed by atoms with van der Waals surface area (Å²) in [5, 5.41) is 0. The van der Waals surface area contributed by atoms with Gasteiger partial charge in [-0.05, 0) is 12.8 Å². The third-order valence-corrected chi connectivity index (χ3v) is 4.32. The van der Waals surface area contributed by atoms with Crippen molar-refractivity contribution in [2.45, 2.75) is 84.4 Å². The Balaban J connectivity index is 3.19. The molecular formula is C20H34O9. The van der Waals surface area contributed by atoms with Crippen LogP contribution in [0.25, 0.3) is 0 Å². The fraction of sp³-hybridized carbons (Fsp3) is 0.850. The molecular weight excluding hydrogens is 384 g/mol. The number of ether oxygens (including phenoxy) is 6. The Bertz CT molecular complexity index is 536. The van der Waals surface area contributed by atoms with E-state index in [1.807, 2.05) is 13.8 Å². The van der Waals surface area contributed by atoms with Gasteiger partial charge in [0.15, 0.2) is 11.7 Å². The number of esters is 3. The molecule has 0 radical (unpaired) electrons. The molecule has 0 aliphatic carbocycles. The Morgan fingerprint density at radius 1 is 0.862 bits per heavy atom. The lowest BCUT2D eigenvalue weighted by atomic mass is 9.96. The molecule has 1 aliphatic heterocycles. The molecule has 0 unspecified atom stereocenters. The Hall–Kier alpha value is -1.71. The fourth-order valence-electron chi connectivity index (χ4n) is 2.96. The Kier molecular flexibility index (Phi) is 11.2. The molecule has 1 heterocycles. The summed E-state index contributed by atoms with van der Waals surface area (Å²) in [6.07, 6.45) is 0.382. The fourth-order valence-corrected chi connectivity index (χ4v) is 2.96. The summed E-state index contributed by atoms with van der Waals surface area (Å²) in [4.78, 5) is 34.7. The number of carbonyl (C=O) groups excluding carboxylic acids is 3. The quantitative estimate of drug-likeness (QED) is 0.252. The van der Waals surface area contributed by atoms with E-state index in [1.54, 1.807) is 0 Å². The van der Waals surface area contributed by atoms with Crippen molar-refractivity contribution < 1.29 is 42.8 Å². The normalized spacial score (nSPS) is 26.2. The van der Waals surface area contributed by atoms with Crippen LogP contribution in [0.1, 0.15) is 60.3 Å². The van der Waals surface area contributed by atoms with Crippen LogP contribution in [0.4, 0.5) is 0 Å². The predicted molar refractivity (Wildman–Crippen MR) is 102 cm³/mol. The molecule has 1 rings (SSSR count). The van der Waals surface area contributed by atoms with E-state index in [0.717, 1.165) is 25.7 Å². The van der Waals surface area contributed by atoms with Gasteiger partial charge in [0.2, 0.25) is 6.29 Å². The SMILES string of the molecule is CCCCOC[C@@]1(COC(C)=O)O[C@H](OC(C)=O)[C@H](OC(C)=O)[C@@H]1OCCCC. The molecule has 29 heavy (non-hydrogen) atoms. The van der Waals surface area contributed by atoms with Crippen LogP contribution in [0.15, 0.2) is 0 Å². The van der Waals surface area contributed by atoms with E-state index in [1.165, 1.54) is 20.8 Å². The van der Waals surface area contributed by atoms with Crippen molar-refractivity contribution in [1.29, 1.82) is 0 Å². The van der Waals surface area contributed by atoms with Crippen LogP contribution in [0.3, 0.4) is 0 Å². The first kappa shape index (κ1) is 25.3. The minimum atomic E-state index is -1.28. The molecule has 168 valence electrons. The molecule has 0 aromatic rings. The molecule has 1 saturated heterocycles. The van der Waals surface area contributed by atoms with Crippen LogP contribution in [0.2, 0.25) is 0 Å². The highest BCUT2D eigenvalue weighted by atomic mass is 16.8. The summed E-state index contributed by atoms with van der Waals surface area (Å²) in [5.74, 6) is -1.68. The maximum Gasteiger partial charge on any atom is 0.305 e. The van der Waals surface area contributed by atoms with Crippen molar-refractivity contribution in [3.63, 3.8) is 0 Å². The molecule has 1 aliphatic rings. The van der Waals surface area contributed by atoms with Gasteiger partial charge in [0.05, 0.1) is 6.61 Å². The lowest BCUT2D eigenvalue weighted by Gasteiger charge is -2.33. The summed E-state index contributed by atoms with van der Waals surface area (Å²) in [7, 11) is 0. The molecule has 0 bridgehead atoms. The van der Waals surface area contributed by atoms with Gasteiger partial charge < -0.3 is 28.4 Å². The van der Waals surface area contributed by atoms with E-state index in [0.29, 0.717) is 13.2 Å². The first-order chi connectivity index (χ1) is 13.8. The second-order valence-electron chi connectivity index (χ2n) is 7.07. The highest BCUT2D eigenvalue weighted by Gasteiger charge is 2.60. The van der Waals surface area contributed by atoms with Crippen LogP contribution in [0, 0.1) is 0 Å². The van der Waals surface area contributed by atoms with Gasteiger partial charge in [0.25, 0.3) is 0 Å². The van der Waals surface area contributed by atoms with E-state index in [4.69, 9.17) is 28.4 Å². The summed E-state index contributed by atoms with van der Waals surface area (Å²) < 4.78 is 33.6. The van der Waals surface area contributed by atoms with Crippen molar-refractivity contribution >= 4 is 17.9 Å². The van der Waals surface area contributed by atoms with Crippen LogP contribution < -0.4 is 0 Å². The smallest absolute Gasteiger partial charge is 0.305 e.